The van der Waals surface area contributed by atoms with E-state index in [4.69, 9.17) is 23.2 Å². The van der Waals surface area contributed by atoms with Crippen molar-refractivity contribution in [3.63, 3.8) is 0 Å². The molecule has 4 aliphatic heterocycles. The van der Waals surface area contributed by atoms with E-state index in [0.717, 1.165) is 29.4 Å². The van der Waals surface area contributed by atoms with Crippen LogP contribution in [0, 0.1) is 24.6 Å². The van der Waals surface area contributed by atoms with Gasteiger partial charge in [0.1, 0.15) is 11.4 Å². The summed E-state index contributed by atoms with van der Waals surface area (Å²) in [4.78, 5) is 44.2. The highest BCUT2D eigenvalue weighted by Crippen LogP contribution is 2.61. The Morgan fingerprint density at radius 2 is 1.88 bits per heavy atom. The summed E-state index contributed by atoms with van der Waals surface area (Å²) in [5.41, 5.74) is 0.960. The largest absolute Gasteiger partial charge is 0.324 e. The Hall–Kier alpha value is -2.48. The molecule has 4 atom stereocenters. The number of hydrogen-bond donors (Lipinski definition) is 1. The molecule has 9 heteroatoms. The molecule has 6 rings (SSSR count). The van der Waals surface area contributed by atoms with Gasteiger partial charge in [-0.25, -0.2) is 9.29 Å². The zero-order valence-corrected chi connectivity index (χ0v) is 18.5. The van der Waals surface area contributed by atoms with E-state index in [-0.39, 0.29) is 28.6 Å². The fourth-order valence-corrected chi connectivity index (χ4v) is 6.60. The number of nitrogens with zero attached hydrogens (tertiary/aromatic N) is 2. The molecule has 164 valence electrons. The number of halogens is 3. The van der Waals surface area contributed by atoms with Crippen LogP contribution in [0.15, 0.2) is 30.3 Å². The molecule has 0 saturated carbocycles. The van der Waals surface area contributed by atoms with Gasteiger partial charge < -0.3 is 5.32 Å². The molecule has 3 saturated heterocycles. The zero-order chi connectivity index (χ0) is 22.5. The molecule has 6 nitrogen and oxygen atoms in total. The first-order valence-corrected chi connectivity index (χ1v) is 11.2. The highest BCUT2D eigenvalue weighted by atomic mass is 35.5. The Morgan fingerprint density at radius 3 is 2.62 bits per heavy atom. The molecule has 4 aliphatic rings. The van der Waals surface area contributed by atoms with Crippen molar-refractivity contribution < 1.29 is 18.8 Å². The SMILES string of the molecule is Cc1c(Cl)ccc2c1NC(=O)[C@@]21[C@@H]2C(=O)N(c3ccc(F)c(Cl)c3)C(=O)[C@H]2[C@@H]2CCCN21. The number of imide groups is 1. The van der Waals surface area contributed by atoms with Crippen LogP contribution in [0.4, 0.5) is 15.8 Å². The predicted octanol–water partition coefficient (Wildman–Crippen LogP) is 3.87. The Bertz CT molecular complexity index is 1250. The maximum Gasteiger partial charge on any atom is 0.250 e. The van der Waals surface area contributed by atoms with Gasteiger partial charge in [0.25, 0.3) is 0 Å². The van der Waals surface area contributed by atoms with Gasteiger partial charge in [-0.3, -0.25) is 19.3 Å². The minimum Gasteiger partial charge on any atom is -0.324 e. The lowest BCUT2D eigenvalue weighted by Gasteiger charge is -2.36. The van der Waals surface area contributed by atoms with E-state index in [1.807, 2.05) is 11.8 Å². The van der Waals surface area contributed by atoms with Gasteiger partial charge in [0.2, 0.25) is 17.7 Å². The molecule has 0 bridgehead atoms. The van der Waals surface area contributed by atoms with E-state index < -0.39 is 29.1 Å². The van der Waals surface area contributed by atoms with Crippen LogP contribution in [0.3, 0.4) is 0 Å². The maximum atomic E-state index is 13.8. The third-order valence-electron chi connectivity index (χ3n) is 7.52. The number of carbonyl (C=O) groups is 3. The van der Waals surface area contributed by atoms with Crippen molar-refractivity contribution in [2.24, 2.45) is 11.8 Å². The van der Waals surface area contributed by atoms with Crippen molar-refractivity contribution in [2.75, 3.05) is 16.8 Å². The van der Waals surface area contributed by atoms with Gasteiger partial charge in [-0.15, -0.1) is 0 Å². The normalized spacial score (nSPS) is 30.8. The Morgan fingerprint density at radius 1 is 1.09 bits per heavy atom. The average molecular weight is 474 g/mol. The standard InChI is InChI=1S/C23H18Cl2FN3O3/c1-10-13(24)6-5-12-19(10)27-22(32)23(12)18-17(16-3-2-8-28(16)23)20(30)29(21(18)31)11-4-7-15(26)14(25)9-11/h4-7,9,16-18H,2-3,8H2,1H3,(H,27,32)/t16-,17-,18-,23-/m0/s1. The third-order valence-corrected chi connectivity index (χ3v) is 8.22. The molecular weight excluding hydrogens is 456 g/mol. The van der Waals surface area contributed by atoms with Crippen LogP contribution >= 0.6 is 23.2 Å². The van der Waals surface area contributed by atoms with Crippen LogP contribution in [-0.2, 0) is 19.9 Å². The second-order valence-electron chi connectivity index (χ2n) is 8.83. The van der Waals surface area contributed by atoms with Gasteiger partial charge in [-0.2, -0.15) is 0 Å². The number of benzene rings is 2. The summed E-state index contributed by atoms with van der Waals surface area (Å²) in [5.74, 6) is -3.33. The molecule has 1 N–H and O–H groups in total. The molecule has 3 amide bonds. The van der Waals surface area contributed by atoms with Gasteiger partial charge >= 0.3 is 0 Å². The van der Waals surface area contributed by atoms with E-state index in [1.54, 1.807) is 12.1 Å². The first kappa shape index (κ1) is 20.1. The van der Waals surface area contributed by atoms with Crippen molar-refractivity contribution >= 4 is 52.3 Å². The molecule has 0 unspecified atom stereocenters. The molecular formula is C23H18Cl2FN3O3. The number of fused-ring (bicyclic) bond motifs is 7. The first-order valence-electron chi connectivity index (χ1n) is 10.5. The van der Waals surface area contributed by atoms with Crippen molar-refractivity contribution in [3.05, 3.63) is 57.3 Å². The second kappa shape index (κ2) is 6.53. The number of anilines is 2. The lowest BCUT2D eigenvalue weighted by atomic mass is 9.75. The van der Waals surface area contributed by atoms with Gasteiger partial charge in [-0.1, -0.05) is 29.3 Å². The molecule has 0 aliphatic carbocycles. The van der Waals surface area contributed by atoms with Crippen LogP contribution in [0.5, 0.6) is 0 Å². The number of carbonyl (C=O) groups excluding carboxylic acids is 3. The number of hydrogen-bond acceptors (Lipinski definition) is 4. The lowest BCUT2D eigenvalue weighted by Crippen LogP contribution is -2.54. The fourth-order valence-electron chi connectivity index (χ4n) is 6.27. The predicted molar refractivity (Wildman–Crippen MR) is 117 cm³/mol. The van der Waals surface area contributed by atoms with Crippen LogP contribution < -0.4 is 10.2 Å². The zero-order valence-electron chi connectivity index (χ0n) is 17.0. The highest BCUT2D eigenvalue weighted by molar-refractivity contribution is 6.33. The highest BCUT2D eigenvalue weighted by Gasteiger charge is 2.74. The summed E-state index contributed by atoms with van der Waals surface area (Å²) in [7, 11) is 0. The Labute approximate surface area is 193 Å². The molecule has 0 radical (unpaired) electrons. The molecule has 4 heterocycles. The van der Waals surface area contributed by atoms with Gasteiger partial charge in [-0.05, 0) is 56.1 Å². The van der Waals surface area contributed by atoms with Crippen LogP contribution in [-0.4, -0.2) is 35.2 Å². The van der Waals surface area contributed by atoms with Crippen LogP contribution in [0.2, 0.25) is 10.0 Å². The Balaban J connectivity index is 1.56. The van der Waals surface area contributed by atoms with E-state index >= 15 is 0 Å². The number of nitrogens with one attached hydrogen (secondary N) is 1. The van der Waals surface area contributed by atoms with E-state index in [9.17, 15) is 18.8 Å². The molecule has 32 heavy (non-hydrogen) atoms. The molecule has 0 aromatic heterocycles. The average Bonchev–Trinajstić information content (AvgIpc) is 3.46. The van der Waals surface area contributed by atoms with E-state index in [0.29, 0.717) is 22.8 Å². The summed E-state index contributed by atoms with van der Waals surface area (Å²) in [6.07, 6.45) is 1.55. The summed E-state index contributed by atoms with van der Waals surface area (Å²) in [5, 5.41) is 3.30. The summed E-state index contributed by atoms with van der Waals surface area (Å²) < 4.78 is 13.7. The summed E-state index contributed by atoms with van der Waals surface area (Å²) >= 11 is 12.2. The molecule has 1 spiro atoms. The summed E-state index contributed by atoms with van der Waals surface area (Å²) in [6, 6.07) is 7.06. The van der Waals surface area contributed by atoms with Gasteiger partial charge in [0.15, 0.2) is 0 Å². The van der Waals surface area contributed by atoms with Gasteiger partial charge in [0.05, 0.1) is 28.2 Å². The minimum atomic E-state index is -1.28. The van der Waals surface area contributed by atoms with E-state index in [2.05, 4.69) is 5.32 Å². The Kier molecular flexibility index (Phi) is 4.11. The fraction of sp³-hybridized carbons (Fsp3) is 0.348. The van der Waals surface area contributed by atoms with Crippen molar-refractivity contribution in [1.82, 2.24) is 4.90 Å². The summed E-state index contributed by atoms with van der Waals surface area (Å²) in [6.45, 7) is 2.44. The number of amides is 3. The lowest BCUT2D eigenvalue weighted by molar-refractivity contribution is -0.135. The van der Waals surface area contributed by atoms with Crippen molar-refractivity contribution in [1.29, 1.82) is 0 Å². The van der Waals surface area contributed by atoms with Gasteiger partial charge in [0, 0.05) is 16.6 Å². The second-order valence-corrected chi connectivity index (χ2v) is 9.65. The molecule has 2 aromatic carbocycles. The maximum absolute atomic E-state index is 13.8. The van der Waals surface area contributed by atoms with Crippen LogP contribution in [0.25, 0.3) is 0 Å². The monoisotopic (exact) mass is 473 g/mol. The van der Waals surface area contributed by atoms with E-state index in [1.165, 1.54) is 12.1 Å². The molecule has 3 fully saturated rings. The van der Waals surface area contributed by atoms with Crippen molar-refractivity contribution in [3.8, 4) is 0 Å². The van der Waals surface area contributed by atoms with Crippen LogP contribution in [0.1, 0.15) is 24.0 Å². The quantitative estimate of drug-likeness (QED) is 0.638. The first-order chi connectivity index (χ1) is 15.3. The molecule has 2 aromatic rings. The van der Waals surface area contributed by atoms with Crippen molar-refractivity contribution in [2.45, 2.75) is 31.3 Å². The topological polar surface area (TPSA) is 69.7 Å². The smallest absolute Gasteiger partial charge is 0.250 e. The third kappa shape index (κ3) is 2.21. The number of rotatable bonds is 1. The minimum absolute atomic E-state index is 0.174.